The Labute approximate surface area is 254 Å². The second-order valence-corrected chi connectivity index (χ2v) is 25.7. The number of Topliss-reactive ketones (excluding diaryl/α,β-unsaturated/α-hetero) is 1. The van der Waals surface area contributed by atoms with E-state index in [1.54, 1.807) is 6.92 Å². The van der Waals surface area contributed by atoms with E-state index in [1.165, 1.54) is 0 Å². The van der Waals surface area contributed by atoms with Crippen molar-refractivity contribution < 1.29 is 28.3 Å². The molecule has 6 atom stereocenters. The summed E-state index contributed by atoms with van der Waals surface area (Å²) < 4.78 is 19.7. The molecule has 1 aliphatic rings. The summed E-state index contributed by atoms with van der Waals surface area (Å²) in [5.41, 5.74) is -0.958. The van der Waals surface area contributed by atoms with Crippen LogP contribution in [0.3, 0.4) is 0 Å². The van der Waals surface area contributed by atoms with Gasteiger partial charge in [-0.1, -0.05) is 81.4 Å². The number of carbonyl (C=O) groups excluding carboxylic acids is 2. The smallest absolute Gasteiger partial charge is 0.308 e. The van der Waals surface area contributed by atoms with Gasteiger partial charge in [-0.15, -0.1) is 0 Å². The van der Waals surface area contributed by atoms with Gasteiger partial charge < -0.3 is 18.7 Å². The number of hydrogen-bond donors (Lipinski definition) is 1. The Morgan fingerprint density at radius 2 is 1.46 bits per heavy atom. The highest BCUT2D eigenvalue weighted by Crippen LogP contribution is 2.44. The molecule has 1 rings (SSSR count). The fourth-order valence-corrected chi connectivity index (χ4v) is 7.79. The molecule has 0 amide bonds. The molecule has 1 unspecified atom stereocenters. The largest absolute Gasteiger partial charge is 0.459 e. The minimum Gasteiger partial charge on any atom is -0.459 e. The minimum absolute atomic E-state index is 0.0150. The van der Waals surface area contributed by atoms with Crippen LogP contribution in [0, 0.1) is 17.3 Å². The molecule has 0 aromatic carbocycles. The summed E-state index contributed by atoms with van der Waals surface area (Å²) in [5.74, 6) is -0.570. The first-order chi connectivity index (χ1) is 18.3. The van der Waals surface area contributed by atoms with Crippen LogP contribution in [-0.4, -0.2) is 57.9 Å². The second-order valence-electron chi connectivity index (χ2n) is 16.2. The molecule has 240 valence electrons. The molecule has 8 heteroatoms. The van der Waals surface area contributed by atoms with Gasteiger partial charge in [0.05, 0.1) is 24.7 Å². The third-order valence-electron chi connectivity index (χ3n) is 10.1. The van der Waals surface area contributed by atoms with Crippen LogP contribution in [0.25, 0.3) is 0 Å². The zero-order valence-electron chi connectivity index (χ0n) is 29.1. The maximum atomic E-state index is 14.5. The summed E-state index contributed by atoms with van der Waals surface area (Å²) >= 11 is 0. The molecule has 1 aliphatic heterocycles. The van der Waals surface area contributed by atoms with Crippen LogP contribution in [0.2, 0.25) is 36.3 Å². The average molecular weight is 613 g/mol. The Morgan fingerprint density at radius 3 is 1.95 bits per heavy atom. The van der Waals surface area contributed by atoms with E-state index in [1.807, 2.05) is 26.8 Å². The molecule has 1 N–H and O–H groups in total. The number of cyclic esters (lactones) is 1. The van der Waals surface area contributed by atoms with E-state index in [0.717, 1.165) is 19.3 Å². The van der Waals surface area contributed by atoms with Crippen LogP contribution in [0.4, 0.5) is 0 Å². The lowest BCUT2D eigenvalue weighted by Crippen LogP contribution is -2.54. The van der Waals surface area contributed by atoms with Gasteiger partial charge in [-0.25, -0.2) is 0 Å². The SMILES string of the molecule is CC(O)[C@@H]1C/C=C\CCC[C@H](C)[C@H](O[Si](C)(C)C(C)(C)C)[C@@H](C)C(=O)C(C)(C)[C@@H](O[Si](C)(C)C(C)(C)C)CC(=O)O1. The molecule has 0 aliphatic carbocycles. The number of esters is 1. The van der Waals surface area contributed by atoms with E-state index in [-0.39, 0.29) is 40.2 Å². The number of allylic oxidation sites excluding steroid dienone is 1. The number of rotatable bonds is 5. The summed E-state index contributed by atoms with van der Waals surface area (Å²) in [5, 5.41) is 10.2. The Morgan fingerprint density at radius 1 is 0.951 bits per heavy atom. The molecule has 0 aromatic rings. The number of carbonyl (C=O) groups is 2. The van der Waals surface area contributed by atoms with Crippen LogP contribution in [0.1, 0.15) is 108 Å². The number of ketones is 1. The van der Waals surface area contributed by atoms with Gasteiger partial charge in [0.1, 0.15) is 11.9 Å². The quantitative estimate of drug-likeness (QED) is 0.191. The third-order valence-corrected chi connectivity index (χ3v) is 19.1. The Balaban J connectivity index is 3.65. The van der Waals surface area contributed by atoms with Crippen LogP contribution < -0.4 is 0 Å². The maximum absolute atomic E-state index is 14.5. The molecular formula is C33H64O6Si2. The van der Waals surface area contributed by atoms with Crippen molar-refractivity contribution in [1.29, 1.82) is 0 Å². The van der Waals surface area contributed by atoms with Crippen LogP contribution in [0.5, 0.6) is 0 Å². The van der Waals surface area contributed by atoms with E-state index in [9.17, 15) is 14.7 Å². The average Bonchev–Trinajstić information content (AvgIpc) is 2.80. The molecule has 0 saturated carbocycles. The fraction of sp³-hybridized carbons (Fsp3) is 0.879. The van der Waals surface area contributed by atoms with Gasteiger partial charge in [-0.2, -0.15) is 0 Å². The standard InChI is InChI=1S/C33H64O6Si2/c1-23-20-18-16-17-19-21-26(25(3)34)37-28(35)22-27(38-40(12,13)31(4,5)6)33(10,11)30(36)24(2)29(23)39-41(14,15)32(7,8)9/h17,19,23-27,29,34H,16,18,20-22H2,1-15H3/b19-17-/t23-,24+,25?,26-,27-,29-/m0/s1. The number of aliphatic hydroxyl groups is 1. The van der Waals surface area contributed by atoms with Gasteiger partial charge >= 0.3 is 5.97 Å². The first-order valence-electron chi connectivity index (χ1n) is 15.8. The summed E-state index contributed by atoms with van der Waals surface area (Å²) in [7, 11) is -4.54. The molecule has 0 spiro atoms. The number of aliphatic hydroxyl groups excluding tert-OH is 1. The normalized spacial score (nSPS) is 30.0. The van der Waals surface area contributed by atoms with Crippen molar-refractivity contribution in [3.63, 3.8) is 0 Å². The highest BCUT2D eigenvalue weighted by Gasteiger charge is 2.50. The molecule has 0 fully saturated rings. The van der Waals surface area contributed by atoms with Gasteiger partial charge in [0.15, 0.2) is 16.6 Å². The van der Waals surface area contributed by atoms with Crippen LogP contribution >= 0.6 is 0 Å². The van der Waals surface area contributed by atoms with Crippen molar-refractivity contribution in [2.75, 3.05) is 0 Å². The van der Waals surface area contributed by atoms with Crippen molar-refractivity contribution in [1.82, 2.24) is 0 Å². The third kappa shape index (κ3) is 10.4. The van der Waals surface area contributed by atoms with Crippen molar-refractivity contribution in [2.24, 2.45) is 17.3 Å². The van der Waals surface area contributed by atoms with Crippen LogP contribution in [0.15, 0.2) is 12.2 Å². The van der Waals surface area contributed by atoms with Crippen molar-refractivity contribution in [3.05, 3.63) is 12.2 Å². The molecule has 6 nitrogen and oxygen atoms in total. The van der Waals surface area contributed by atoms with E-state index >= 15 is 0 Å². The first kappa shape index (κ1) is 38.2. The molecule has 0 radical (unpaired) electrons. The van der Waals surface area contributed by atoms with Crippen LogP contribution in [-0.2, 0) is 23.2 Å². The zero-order valence-corrected chi connectivity index (χ0v) is 31.1. The monoisotopic (exact) mass is 612 g/mol. The fourth-order valence-electron chi connectivity index (χ4n) is 4.88. The van der Waals surface area contributed by atoms with Crippen molar-refractivity contribution in [2.45, 2.75) is 169 Å². The Bertz CT molecular complexity index is 894. The molecule has 0 aromatic heterocycles. The molecule has 0 saturated heterocycles. The van der Waals surface area contributed by atoms with E-state index < -0.39 is 46.3 Å². The van der Waals surface area contributed by atoms with Crippen molar-refractivity contribution >= 4 is 28.4 Å². The van der Waals surface area contributed by atoms with Gasteiger partial charge in [0.25, 0.3) is 0 Å². The predicted molar refractivity (Wildman–Crippen MR) is 175 cm³/mol. The Kier molecular flexibility index (Phi) is 13.3. The highest BCUT2D eigenvalue weighted by molar-refractivity contribution is 6.74. The van der Waals surface area contributed by atoms with Gasteiger partial charge in [0.2, 0.25) is 0 Å². The molecule has 1 heterocycles. The lowest BCUT2D eigenvalue weighted by Gasteiger charge is -2.46. The molecule has 41 heavy (non-hydrogen) atoms. The predicted octanol–water partition coefficient (Wildman–Crippen LogP) is 8.45. The Hall–Kier alpha value is -0.806. The lowest BCUT2D eigenvalue weighted by atomic mass is 9.73. The van der Waals surface area contributed by atoms with E-state index in [2.05, 4.69) is 80.7 Å². The molecule has 0 bridgehead atoms. The highest BCUT2D eigenvalue weighted by atomic mass is 28.4. The van der Waals surface area contributed by atoms with Gasteiger partial charge in [-0.05, 0) is 68.4 Å². The lowest BCUT2D eigenvalue weighted by molar-refractivity contribution is -0.159. The summed E-state index contributed by atoms with van der Waals surface area (Å²) in [4.78, 5) is 27.9. The second kappa shape index (κ2) is 14.3. The number of ether oxygens (including phenoxy) is 1. The summed E-state index contributed by atoms with van der Waals surface area (Å²) in [6.45, 7) is 31.7. The zero-order chi connectivity index (χ0) is 32.2. The number of hydrogen-bond acceptors (Lipinski definition) is 6. The van der Waals surface area contributed by atoms with E-state index in [4.69, 9.17) is 13.6 Å². The molecular weight excluding hydrogens is 549 g/mol. The van der Waals surface area contributed by atoms with Gasteiger partial charge in [0, 0.05) is 17.8 Å². The minimum atomic E-state index is -2.36. The van der Waals surface area contributed by atoms with Gasteiger partial charge in [-0.3, -0.25) is 9.59 Å². The summed E-state index contributed by atoms with van der Waals surface area (Å²) in [6, 6.07) is 0. The van der Waals surface area contributed by atoms with Crippen molar-refractivity contribution in [3.8, 4) is 0 Å². The van der Waals surface area contributed by atoms with E-state index in [0.29, 0.717) is 6.42 Å². The summed E-state index contributed by atoms with van der Waals surface area (Å²) in [6.07, 6.45) is 4.98. The topological polar surface area (TPSA) is 82.1 Å². The first-order valence-corrected chi connectivity index (χ1v) is 21.6. The maximum Gasteiger partial charge on any atom is 0.308 e.